The Kier molecular flexibility index (Phi) is 5.35. The van der Waals surface area contributed by atoms with Crippen molar-refractivity contribution in [2.45, 2.75) is 39.7 Å². The Morgan fingerprint density at radius 1 is 1.25 bits per heavy atom. The summed E-state index contributed by atoms with van der Waals surface area (Å²) in [4.78, 5) is 10.1. The third kappa shape index (κ3) is 3.70. The van der Waals surface area contributed by atoms with Gasteiger partial charge in [0, 0.05) is 29.4 Å². The molecular weight excluding hydrogens is 268 g/mol. The van der Waals surface area contributed by atoms with E-state index in [0.717, 1.165) is 36.6 Å². The number of rotatable bonds is 7. The van der Waals surface area contributed by atoms with Crippen LogP contribution < -0.4 is 10.6 Å². The summed E-state index contributed by atoms with van der Waals surface area (Å²) in [5.74, 6) is 1.89. The zero-order chi connectivity index (χ0) is 14.4. The highest BCUT2D eigenvalue weighted by Crippen LogP contribution is 2.22. The number of nitrogens with zero attached hydrogens (tertiary/aromatic N) is 2. The zero-order valence-electron chi connectivity index (χ0n) is 12.3. The van der Waals surface area contributed by atoms with Crippen LogP contribution in [0, 0.1) is 0 Å². The molecule has 0 bridgehead atoms. The highest BCUT2D eigenvalue weighted by molar-refractivity contribution is 7.09. The molecule has 5 heteroatoms. The zero-order valence-corrected chi connectivity index (χ0v) is 13.1. The predicted octanol–water partition coefficient (Wildman–Crippen LogP) is 3.58. The molecular formula is C15H22N4S. The van der Waals surface area contributed by atoms with E-state index in [2.05, 4.69) is 58.9 Å². The summed E-state index contributed by atoms with van der Waals surface area (Å²) in [6.07, 6.45) is 3.55. The predicted molar refractivity (Wildman–Crippen MR) is 86.7 cm³/mol. The van der Waals surface area contributed by atoms with Gasteiger partial charge in [-0.05, 0) is 31.7 Å². The molecule has 0 saturated heterocycles. The molecule has 0 fully saturated rings. The smallest absolute Gasteiger partial charge is 0.134 e. The molecule has 108 valence electrons. The molecule has 2 aromatic rings. The van der Waals surface area contributed by atoms with Crippen molar-refractivity contribution in [3.8, 4) is 0 Å². The van der Waals surface area contributed by atoms with Crippen LogP contribution in [0.3, 0.4) is 0 Å². The van der Waals surface area contributed by atoms with E-state index >= 15 is 0 Å². The van der Waals surface area contributed by atoms with Crippen LogP contribution in [0.25, 0.3) is 0 Å². The van der Waals surface area contributed by atoms with Crippen LogP contribution in [0.1, 0.15) is 31.2 Å². The molecule has 1 unspecified atom stereocenters. The van der Waals surface area contributed by atoms with Gasteiger partial charge in [-0.3, -0.25) is 0 Å². The molecule has 2 aromatic heterocycles. The van der Waals surface area contributed by atoms with E-state index in [-0.39, 0.29) is 0 Å². The third-order valence-electron chi connectivity index (χ3n) is 3.11. The minimum Gasteiger partial charge on any atom is -0.370 e. The number of aromatic nitrogens is 2. The molecule has 0 amide bonds. The van der Waals surface area contributed by atoms with Crippen molar-refractivity contribution in [1.82, 2.24) is 9.97 Å². The Morgan fingerprint density at radius 3 is 2.70 bits per heavy atom. The molecule has 4 nitrogen and oxygen atoms in total. The fraction of sp³-hybridized carbons (Fsp3) is 0.467. The summed E-state index contributed by atoms with van der Waals surface area (Å²) in [6.45, 7) is 7.27. The van der Waals surface area contributed by atoms with Crippen LogP contribution >= 0.6 is 11.3 Å². The van der Waals surface area contributed by atoms with Crippen LogP contribution in [-0.4, -0.2) is 22.6 Å². The largest absolute Gasteiger partial charge is 0.370 e. The molecule has 2 heterocycles. The molecule has 20 heavy (non-hydrogen) atoms. The van der Waals surface area contributed by atoms with Crippen LogP contribution in [0.2, 0.25) is 0 Å². The van der Waals surface area contributed by atoms with Crippen molar-refractivity contribution in [1.29, 1.82) is 0 Å². The molecule has 2 rings (SSSR count). The fourth-order valence-electron chi connectivity index (χ4n) is 2.21. The minimum atomic E-state index is 0.350. The molecule has 0 aliphatic rings. The normalized spacial score (nSPS) is 12.2. The molecule has 0 spiro atoms. The molecule has 2 N–H and O–H groups in total. The van der Waals surface area contributed by atoms with Gasteiger partial charge >= 0.3 is 0 Å². The van der Waals surface area contributed by atoms with E-state index < -0.39 is 0 Å². The first-order valence-electron chi connectivity index (χ1n) is 7.11. The average molecular weight is 290 g/mol. The van der Waals surface area contributed by atoms with E-state index in [9.17, 15) is 0 Å². The van der Waals surface area contributed by atoms with Crippen molar-refractivity contribution in [2.75, 3.05) is 17.2 Å². The highest BCUT2D eigenvalue weighted by Gasteiger charge is 2.12. The first kappa shape index (κ1) is 14.8. The summed E-state index contributed by atoms with van der Waals surface area (Å²) < 4.78 is 0. The van der Waals surface area contributed by atoms with Gasteiger partial charge in [-0.15, -0.1) is 11.3 Å². The molecule has 0 aliphatic heterocycles. The van der Waals surface area contributed by atoms with E-state index in [1.807, 2.05) is 0 Å². The van der Waals surface area contributed by atoms with Crippen molar-refractivity contribution in [3.63, 3.8) is 0 Å². The van der Waals surface area contributed by atoms with Crippen LogP contribution in [-0.2, 0) is 12.8 Å². The number of anilines is 2. The van der Waals surface area contributed by atoms with E-state index in [1.54, 1.807) is 17.7 Å². The van der Waals surface area contributed by atoms with Gasteiger partial charge in [-0.25, -0.2) is 9.97 Å². The van der Waals surface area contributed by atoms with Crippen molar-refractivity contribution >= 4 is 23.0 Å². The standard InChI is InChI=1S/C15H22N4S/c1-4-13-14(16-5-2)17-10-18-15(13)19-11(3)9-12-7-6-8-20-12/h6-8,10-11H,4-5,9H2,1-3H3,(H2,16,17,18,19). The van der Waals surface area contributed by atoms with Gasteiger partial charge in [0.25, 0.3) is 0 Å². The van der Waals surface area contributed by atoms with E-state index in [0.29, 0.717) is 6.04 Å². The molecule has 0 aromatic carbocycles. The van der Waals surface area contributed by atoms with Crippen LogP contribution in [0.5, 0.6) is 0 Å². The average Bonchev–Trinajstić information content (AvgIpc) is 2.92. The van der Waals surface area contributed by atoms with E-state index in [4.69, 9.17) is 0 Å². The summed E-state index contributed by atoms with van der Waals surface area (Å²) in [7, 11) is 0. The van der Waals surface area contributed by atoms with Crippen LogP contribution in [0.4, 0.5) is 11.6 Å². The Hall–Kier alpha value is -1.62. The first-order chi connectivity index (χ1) is 9.74. The van der Waals surface area contributed by atoms with Crippen molar-refractivity contribution < 1.29 is 0 Å². The van der Waals surface area contributed by atoms with Crippen molar-refractivity contribution in [3.05, 3.63) is 34.3 Å². The SMILES string of the molecule is CCNc1ncnc(NC(C)Cc2cccs2)c1CC. The van der Waals surface area contributed by atoms with Gasteiger partial charge in [-0.1, -0.05) is 13.0 Å². The lowest BCUT2D eigenvalue weighted by atomic mass is 10.1. The summed E-state index contributed by atoms with van der Waals surface area (Å²) in [6, 6.07) is 4.62. The van der Waals surface area contributed by atoms with Gasteiger partial charge in [0.05, 0.1) is 0 Å². The van der Waals surface area contributed by atoms with Crippen molar-refractivity contribution in [2.24, 2.45) is 0 Å². The Labute approximate surface area is 124 Å². The second-order valence-electron chi connectivity index (χ2n) is 4.76. The Balaban J connectivity index is 2.09. The molecule has 0 radical (unpaired) electrons. The molecule has 0 aliphatic carbocycles. The van der Waals surface area contributed by atoms with Gasteiger partial charge in [0.1, 0.15) is 18.0 Å². The van der Waals surface area contributed by atoms with Gasteiger partial charge in [-0.2, -0.15) is 0 Å². The van der Waals surface area contributed by atoms with Gasteiger partial charge < -0.3 is 10.6 Å². The maximum atomic E-state index is 4.40. The Bertz CT molecular complexity index is 525. The first-order valence-corrected chi connectivity index (χ1v) is 7.99. The van der Waals surface area contributed by atoms with E-state index in [1.165, 1.54) is 4.88 Å². The van der Waals surface area contributed by atoms with Crippen LogP contribution in [0.15, 0.2) is 23.8 Å². The molecule has 0 saturated carbocycles. The number of nitrogens with one attached hydrogen (secondary N) is 2. The molecule has 1 atom stereocenters. The lowest BCUT2D eigenvalue weighted by Crippen LogP contribution is -2.20. The maximum absolute atomic E-state index is 4.40. The number of thiophene rings is 1. The third-order valence-corrected chi connectivity index (χ3v) is 4.01. The second kappa shape index (κ2) is 7.24. The second-order valence-corrected chi connectivity index (χ2v) is 5.79. The quantitative estimate of drug-likeness (QED) is 0.818. The highest BCUT2D eigenvalue weighted by atomic mass is 32.1. The number of hydrogen-bond donors (Lipinski definition) is 2. The summed E-state index contributed by atoms with van der Waals surface area (Å²) in [5.41, 5.74) is 1.16. The lowest BCUT2D eigenvalue weighted by molar-refractivity contribution is 0.789. The number of hydrogen-bond acceptors (Lipinski definition) is 5. The topological polar surface area (TPSA) is 49.8 Å². The summed E-state index contributed by atoms with van der Waals surface area (Å²) >= 11 is 1.80. The Morgan fingerprint density at radius 2 is 2.05 bits per heavy atom. The van der Waals surface area contributed by atoms with Gasteiger partial charge in [0.15, 0.2) is 0 Å². The van der Waals surface area contributed by atoms with Gasteiger partial charge in [0.2, 0.25) is 0 Å². The lowest BCUT2D eigenvalue weighted by Gasteiger charge is -2.18. The summed E-state index contributed by atoms with van der Waals surface area (Å²) in [5, 5.41) is 8.93. The fourth-order valence-corrected chi connectivity index (χ4v) is 3.04. The maximum Gasteiger partial charge on any atom is 0.134 e. The monoisotopic (exact) mass is 290 g/mol. The minimum absolute atomic E-state index is 0.350.